The Labute approximate surface area is 172 Å². The van der Waals surface area contributed by atoms with Crippen molar-refractivity contribution in [3.05, 3.63) is 23.8 Å². The second kappa shape index (κ2) is 9.23. The van der Waals surface area contributed by atoms with E-state index in [0.717, 1.165) is 18.4 Å². The van der Waals surface area contributed by atoms with E-state index < -0.39 is 10.0 Å². The normalized spacial score (nSPS) is 18.6. The summed E-state index contributed by atoms with van der Waals surface area (Å²) in [6, 6.07) is 4.85. The Balaban J connectivity index is 1.78. The molecule has 1 aromatic carbocycles. The number of carbonyl (C=O) groups excluding carboxylic acids is 2. The number of ether oxygens (including phenoxy) is 1. The molecule has 1 saturated heterocycles. The molecule has 0 atom stereocenters. The zero-order valence-corrected chi connectivity index (χ0v) is 17.8. The standard InChI is InChI=1S/C20H29N3O5S/c1-15-7-10-22(11-8-15)29(26,27)17-4-5-18-16(13-17)3-6-20(25)23(18)14-19(24)21-9-12-28-2/h4-5,13,15H,3,6-12,14H2,1-2H3,(H,21,24). The Bertz CT molecular complexity index is 863. The highest BCUT2D eigenvalue weighted by atomic mass is 32.2. The van der Waals surface area contributed by atoms with Gasteiger partial charge in [0.2, 0.25) is 21.8 Å². The van der Waals surface area contributed by atoms with E-state index in [2.05, 4.69) is 12.2 Å². The van der Waals surface area contributed by atoms with Gasteiger partial charge in [-0.05, 0) is 48.9 Å². The number of fused-ring (bicyclic) bond motifs is 1. The minimum atomic E-state index is -3.55. The number of aryl methyl sites for hydroxylation is 1. The van der Waals surface area contributed by atoms with Crippen LogP contribution in [0.3, 0.4) is 0 Å². The Kier molecular flexibility index (Phi) is 6.92. The third kappa shape index (κ3) is 4.96. The lowest BCUT2D eigenvalue weighted by atomic mass is 10.0. The van der Waals surface area contributed by atoms with Gasteiger partial charge in [0, 0.05) is 38.9 Å². The fourth-order valence-electron chi connectivity index (χ4n) is 3.74. The van der Waals surface area contributed by atoms with Crippen LogP contribution in [0.4, 0.5) is 5.69 Å². The molecule has 0 aromatic heterocycles. The third-order valence-electron chi connectivity index (χ3n) is 5.56. The van der Waals surface area contributed by atoms with Gasteiger partial charge < -0.3 is 15.0 Å². The van der Waals surface area contributed by atoms with Crippen LogP contribution in [0.5, 0.6) is 0 Å². The number of nitrogens with zero attached hydrogens (tertiary/aromatic N) is 2. The number of anilines is 1. The number of benzene rings is 1. The van der Waals surface area contributed by atoms with Gasteiger partial charge in [0.25, 0.3) is 0 Å². The molecule has 0 bridgehead atoms. The highest BCUT2D eigenvalue weighted by Gasteiger charge is 2.31. The zero-order chi connectivity index (χ0) is 21.0. The Morgan fingerprint density at radius 3 is 2.66 bits per heavy atom. The molecular weight excluding hydrogens is 394 g/mol. The van der Waals surface area contributed by atoms with Crippen LogP contribution >= 0.6 is 0 Å². The number of hydrogen-bond donors (Lipinski definition) is 1. The number of carbonyl (C=O) groups is 2. The summed E-state index contributed by atoms with van der Waals surface area (Å²) in [5.74, 6) is 0.127. The van der Waals surface area contributed by atoms with Crippen LogP contribution < -0.4 is 10.2 Å². The number of sulfonamides is 1. The summed E-state index contributed by atoms with van der Waals surface area (Å²) in [5.41, 5.74) is 1.38. The SMILES string of the molecule is COCCNC(=O)CN1C(=O)CCc2cc(S(=O)(=O)N3CCC(C)CC3)ccc21. The van der Waals surface area contributed by atoms with Gasteiger partial charge in [0.05, 0.1) is 11.5 Å². The van der Waals surface area contributed by atoms with Crippen LogP contribution in [-0.2, 0) is 30.8 Å². The maximum atomic E-state index is 13.0. The molecule has 2 heterocycles. The number of rotatable bonds is 7. The van der Waals surface area contributed by atoms with Crippen LogP contribution in [0.2, 0.25) is 0 Å². The quantitative estimate of drug-likeness (QED) is 0.664. The lowest BCUT2D eigenvalue weighted by Crippen LogP contribution is -2.43. The summed E-state index contributed by atoms with van der Waals surface area (Å²) < 4.78 is 32.5. The predicted octanol–water partition coefficient (Wildman–Crippen LogP) is 1.15. The molecule has 0 unspecified atom stereocenters. The lowest BCUT2D eigenvalue weighted by Gasteiger charge is -2.31. The van der Waals surface area contributed by atoms with Crippen molar-refractivity contribution in [2.45, 2.75) is 37.5 Å². The largest absolute Gasteiger partial charge is 0.383 e. The molecule has 3 rings (SSSR count). The fourth-order valence-corrected chi connectivity index (χ4v) is 5.26. The molecule has 9 heteroatoms. The lowest BCUT2D eigenvalue weighted by molar-refractivity contribution is -0.124. The number of hydrogen-bond acceptors (Lipinski definition) is 5. The van der Waals surface area contributed by atoms with Crippen LogP contribution in [0.25, 0.3) is 0 Å². The van der Waals surface area contributed by atoms with Crippen molar-refractivity contribution in [3.8, 4) is 0 Å². The summed E-state index contributed by atoms with van der Waals surface area (Å²) in [6.45, 7) is 3.88. The van der Waals surface area contributed by atoms with Gasteiger partial charge in [-0.2, -0.15) is 4.31 Å². The van der Waals surface area contributed by atoms with Gasteiger partial charge in [-0.25, -0.2) is 8.42 Å². The van der Waals surface area contributed by atoms with E-state index in [1.54, 1.807) is 29.6 Å². The van der Waals surface area contributed by atoms with Gasteiger partial charge in [-0.3, -0.25) is 9.59 Å². The van der Waals surface area contributed by atoms with E-state index in [1.165, 1.54) is 4.90 Å². The maximum absolute atomic E-state index is 13.0. The second-order valence-corrected chi connectivity index (χ2v) is 9.64. The van der Waals surface area contributed by atoms with E-state index >= 15 is 0 Å². The molecule has 0 spiro atoms. The first-order valence-electron chi connectivity index (χ1n) is 10.0. The highest BCUT2D eigenvalue weighted by Crippen LogP contribution is 2.32. The molecule has 160 valence electrons. The highest BCUT2D eigenvalue weighted by molar-refractivity contribution is 7.89. The minimum absolute atomic E-state index is 0.0916. The number of piperidine rings is 1. The molecule has 0 aliphatic carbocycles. The molecule has 2 aliphatic heterocycles. The Morgan fingerprint density at radius 1 is 1.24 bits per heavy atom. The van der Waals surface area contributed by atoms with Crippen molar-refractivity contribution >= 4 is 27.5 Å². The molecule has 2 amide bonds. The molecular formula is C20H29N3O5S. The van der Waals surface area contributed by atoms with Crippen molar-refractivity contribution in [1.29, 1.82) is 0 Å². The topological polar surface area (TPSA) is 96.0 Å². The molecule has 1 aromatic rings. The van der Waals surface area contributed by atoms with Gasteiger partial charge in [0.1, 0.15) is 6.54 Å². The number of amides is 2. The molecule has 0 radical (unpaired) electrons. The zero-order valence-electron chi connectivity index (χ0n) is 17.0. The summed E-state index contributed by atoms with van der Waals surface area (Å²) in [7, 11) is -2.00. The van der Waals surface area contributed by atoms with Crippen molar-refractivity contribution in [2.24, 2.45) is 5.92 Å². The average molecular weight is 424 g/mol. The monoisotopic (exact) mass is 423 g/mol. The van der Waals surface area contributed by atoms with Gasteiger partial charge in [0.15, 0.2) is 0 Å². The van der Waals surface area contributed by atoms with E-state index in [9.17, 15) is 18.0 Å². The third-order valence-corrected chi connectivity index (χ3v) is 7.46. The number of methoxy groups -OCH3 is 1. The summed E-state index contributed by atoms with van der Waals surface area (Å²) >= 11 is 0. The van der Waals surface area contributed by atoms with Crippen LogP contribution in [0.15, 0.2) is 23.1 Å². The fraction of sp³-hybridized carbons (Fsp3) is 0.600. The Morgan fingerprint density at radius 2 is 1.97 bits per heavy atom. The molecule has 1 fully saturated rings. The number of nitrogens with one attached hydrogen (secondary N) is 1. The van der Waals surface area contributed by atoms with Crippen LogP contribution in [0, 0.1) is 5.92 Å². The predicted molar refractivity (Wildman–Crippen MR) is 109 cm³/mol. The molecule has 8 nitrogen and oxygen atoms in total. The molecule has 29 heavy (non-hydrogen) atoms. The molecule has 1 N–H and O–H groups in total. The van der Waals surface area contributed by atoms with E-state index in [4.69, 9.17) is 4.74 Å². The summed E-state index contributed by atoms with van der Waals surface area (Å²) in [5, 5.41) is 2.70. The molecule has 0 saturated carbocycles. The average Bonchev–Trinajstić information content (AvgIpc) is 2.70. The first-order valence-corrected chi connectivity index (χ1v) is 11.5. The van der Waals surface area contributed by atoms with E-state index in [-0.39, 0.29) is 29.7 Å². The van der Waals surface area contributed by atoms with Gasteiger partial charge in [-0.1, -0.05) is 6.92 Å². The van der Waals surface area contributed by atoms with Crippen molar-refractivity contribution < 1.29 is 22.7 Å². The van der Waals surface area contributed by atoms with Crippen molar-refractivity contribution in [1.82, 2.24) is 9.62 Å². The van der Waals surface area contributed by atoms with Crippen LogP contribution in [-0.4, -0.2) is 64.4 Å². The summed E-state index contributed by atoms with van der Waals surface area (Å²) in [4.78, 5) is 26.2. The smallest absolute Gasteiger partial charge is 0.243 e. The maximum Gasteiger partial charge on any atom is 0.243 e. The van der Waals surface area contributed by atoms with E-state index in [0.29, 0.717) is 44.3 Å². The van der Waals surface area contributed by atoms with Gasteiger partial charge >= 0.3 is 0 Å². The molecule has 2 aliphatic rings. The van der Waals surface area contributed by atoms with Crippen molar-refractivity contribution in [2.75, 3.05) is 44.8 Å². The second-order valence-electron chi connectivity index (χ2n) is 7.70. The van der Waals surface area contributed by atoms with Crippen molar-refractivity contribution in [3.63, 3.8) is 0 Å². The Hall–Kier alpha value is -1.97. The van der Waals surface area contributed by atoms with Crippen LogP contribution in [0.1, 0.15) is 31.7 Å². The first-order chi connectivity index (χ1) is 13.8. The summed E-state index contributed by atoms with van der Waals surface area (Å²) in [6.07, 6.45) is 2.45. The first kappa shape index (κ1) is 21.7. The minimum Gasteiger partial charge on any atom is -0.383 e. The van der Waals surface area contributed by atoms with E-state index in [1.807, 2.05) is 0 Å². The van der Waals surface area contributed by atoms with Gasteiger partial charge in [-0.15, -0.1) is 0 Å².